The van der Waals surface area contributed by atoms with Gasteiger partial charge in [0.25, 0.3) is 11.8 Å². The third-order valence-electron chi connectivity index (χ3n) is 6.09. The van der Waals surface area contributed by atoms with E-state index in [1.807, 2.05) is 19.1 Å². The van der Waals surface area contributed by atoms with Crippen LogP contribution in [0.25, 0.3) is 0 Å². The minimum Gasteiger partial charge on any atom is -0.497 e. The van der Waals surface area contributed by atoms with Crippen LogP contribution in [0.4, 0.5) is 0 Å². The second-order valence-electron chi connectivity index (χ2n) is 8.30. The highest BCUT2D eigenvalue weighted by atomic mass is 16.5. The maximum atomic E-state index is 13.0. The van der Waals surface area contributed by atoms with Crippen LogP contribution < -0.4 is 20.1 Å². The molecule has 0 aliphatic carbocycles. The molecule has 1 aliphatic heterocycles. The lowest BCUT2D eigenvalue weighted by Crippen LogP contribution is -2.54. The molecule has 3 rings (SSSR count). The number of methoxy groups -OCH3 is 2. The van der Waals surface area contributed by atoms with Crippen LogP contribution in [0.3, 0.4) is 0 Å². The Bertz CT molecular complexity index is 1000. The summed E-state index contributed by atoms with van der Waals surface area (Å²) in [6.45, 7) is 3.50. The van der Waals surface area contributed by atoms with E-state index < -0.39 is 6.04 Å². The molecule has 0 saturated carbocycles. The number of likely N-dealkylation sites (tertiary alicyclic amines) is 1. The van der Waals surface area contributed by atoms with Gasteiger partial charge in [0.2, 0.25) is 5.91 Å². The lowest BCUT2D eigenvalue weighted by molar-refractivity contribution is -0.124. The molecule has 1 fully saturated rings. The van der Waals surface area contributed by atoms with Crippen molar-refractivity contribution in [2.24, 2.45) is 5.92 Å². The SMILES string of the molecule is CCCNC(=O)[C@@H](NC(=O)c1cccc(OC)c1)C1CCN(C(=O)c2ccccc2OC)CC1. The Morgan fingerprint density at radius 2 is 1.76 bits per heavy atom. The molecule has 34 heavy (non-hydrogen) atoms. The molecule has 1 atom stereocenters. The second kappa shape index (κ2) is 12.1. The number of nitrogens with zero attached hydrogens (tertiary/aromatic N) is 1. The molecular weight excluding hydrogens is 434 g/mol. The molecule has 2 aromatic carbocycles. The minimum absolute atomic E-state index is 0.0897. The van der Waals surface area contributed by atoms with Crippen molar-refractivity contribution in [2.75, 3.05) is 33.9 Å². The zero-order valence-electron chi connectivity index (χ0n) is 20.0. The summed E-state index contributed by atoms with van der Waals surface area (Å²) in [5.74, 6) is 0.395. The maximum Gasteiger partial charge on any atom is 0.257 e. The predicted molar refractivity (Wildman–Crippen MR) is 129 cm³/mol. The number of hydrogen-bond donors (Lipinski definition) is 2. The first-order valence-electron chi connectivity index (χ1n) is 11.6. The van der Waals surface area contributed by atoms with Crippen LogP contribution in [-0.2, 0) is 4.79 Å². The average Bonchev–Trinajstić information content (AvgIpc) is 2.89. The Hall–Kier alpha value is -3.55. The molecule has 8 nitrogen and oxygen atoms in total. The number of hydrogen-bond acceptors (Lipinski definition) is 5. The number of piperidine rings is 1. The lowest BCUT2D eigenvalue weighted by Gasteiger charge is -2.36. The van der Waals surface area contributed by atoms with Gasteiger partial charge in [0, 0.05) is 25.2 Å². The van der Waals surface area contributed by atoms with Crippen LogP contribution in [0.5, 0.6) is 11.5 Å². The number of nitrogens with one attached hydrogen (secondary N) is 2. The zero-order valence-corrected chi connectivity index (χ0v) is 20.0. The number of benzene rings is 2. The quantitative estimate of drug-likeness (QED) is 0.591. The Morgan fingerprint density at radius 3 is 2.44 bits per heavy atom. The van der Waals surface area contributed by atoms with Gasteiger partial charge in [0.05, 0.1) is 19.8 Å². The van der Waals surface area contributed by atoms with Crippen LogP contribution in [0, 0.1) is 5.92 Å². The molecule has 1 heterocycles. The standard InChI is InChI=1S/C26H33N3O5/c1-4-14-27-25(31)23(28-24(30)19-8-7-9-20(17-19)33-2)18-12-15-29(16-13-18)26(32)21-10-5-6-11-22(21)34-3/h5-11,17-18,23H,4,12-16H2,1-3H3,(H,27,31)(H,28,30)/t23-/m0/s1. The van der Waals surface area contributed by atoms with E-state index in [-0.39, 0.29) is 23.6 Å². The molecule has 1 aliphatic rings. The van der Waals surface area contributed by atoms with E-state index in [9.17, 15) is 14.4 Å². The van der Waals surface area contributed by atoms with Crippen molar-refractivity contribution in [3.63, 3.8) is 0 Å². The molecule has 2 aromatic rings. The van der Waals surface area contributed by atoms with Crippen molar-refractivity contribution in [1.29, 1.82) is 0 Å². The molecule has 1 saturated heterocycles. The third kappa shape index (κ3) is 6.07. The third-order valence-corrected chi connectivity index (χ3v) is 6.09. The number of carbonyl (C=O) groups excluding carboxylic acids is 3. The molecule has 182 valence electrons. The van der Waals surface area contributed by atoms with Crippen LogP contribution in [-0.4, -0.2) is 62.5 Å². The first kappa shape index (κ1) is 25.1. The Kier molecular flexibility index (Phi) is 8.90. The van der Waals surface area contributed by atoms with Gasteiger partial charge in [-0.2, -0.15) is 0 Å². The highest BCUT2D eigenvalue weighted by molar-refractivity contribution is 5.98. The van der Waals surface area contributed by atoms with E-state index in [1.54, 1.807) is 48.4 Å². The smallest absolute Gasteiger partial charge is 0.257 e. The summed E-state index contributed by atoms with van der Waals surface area (Å²) in [7, 11) is 3.08. The molecule has 0 spiro atoms. The maximum absolute atomic E-state index is 13.0. The fourth-order valence-corrected chi connectivity index (χ4v) is 4.17. The largest absolute Gasteiger partial charge is 0.497 e. The van der Waals surface area contributed by atoms with Crippen molar-refractivity contribution in [2.45, 2.75) is 32.2 Å². The fraction of sp³-hybridized carbons (Fsp3) is 0.423. The molecule has 2 N–H and O–H groups in total. The summed E-state index contributed by atoms with van der Waals surface area (Å²) in [5.41, 5.74) is 0.948. The van der Waals surface area contributed by atoms with Gasteiger partial charge in [-0.05, 0) is 55.5 Å². The molecule has 8 heteroatoms. The first-order valence-corrected chi connectivity index (χ1v) is 11.6. The summed E-state index contributed by atoms with van der Waals surface area (Å²) in [5, 5.41) is 5.84. The van der Waals surface area contributed by atoms with E-state index in [2.05, 4.69) is 10.6 Å². The fourth-order valence-electron chi connectivity index (χ4n) is 4.17. The number of carbonyl (C=O) groups is 3. The normalized spacial score (nSPS) is 14.7. The van der Waals surface area contributed by atoms with Gasteiger partial charge in [0.1, 0.15) is 17.5 Å². The van der Waals surface area contributed by atoms with Gasteiger partial charge in [-0.15, -0.1) is 0 Å². The summed E-state index contributed by atoms with van der Waals surface area (Å²) < 4.78 is 10.5. The minimum atomic E-state index is -0.686. The molecule has 0 unspecified atom stereocenters. The van der Waals surface area contributed by atoms with Crippen LogP contribution in [0.2, 0.25) is 0 Å². The van der Waals surface area contributed by atoms with Gasteiger partial charge in [-0.3, -0.25) is 14.4 Å². The topological polar surface area (TPSA) is 97.0 Å². The van der Waals surface area contributed by atoms with E-state index >= 15 is 0 Å². The number of rotatable bonds is 9. The van der Waals surface area contributed by atoms with Gasteiger partial charge in [-0.1, -0.05) is 25.1 Å². The van der Waals surface area contributed by atoms with Gasteiger partial charge in [-0.25, -0.2) is 0 Å². The molecule has 0 aromatic heterocycles. The average molecular weight is 468 g/mol. The number of ether oxygens (including phenoxy) is 2. The van der Waals surface area contributed by atoms with E-state index in [0.29, 0.717) is 55.1 Å². The second-order valence-corrected chi connectivity index (χ2v) is 8.30. The monoisotopic (exact) mass is 467 g/mol. The highest BCUT2D eigenvalue weighted by Gasteiger charge is 2.34. The molecule has 3 amide bonds. The van der Waals surface area contributed by atoms with Gasteiger partial charge in [0.15, 0.2) is 0 Å². The van der Waals surface area contributed by atoms with Crippen LogP contribution in [0.15, 0.2) is 48.5 Å². The number of amides is 3. The molecular formula is C26H33N3O5. The van der Waals surface area contributed by atoms with Crippen molar-refractivity contribution < 1.29 is 23.9 Å². The van der Waals surface area contributed by atoms with E-state index in [0.717, 1.165) is 6.42 Å². The Labute approximate surface area is 200 Å². The van der Waals surface area contributed by atoms with Gasteiger partial charge >= 0.3 is 0 Å². The van der Waals surface area contributed by atoms with Crippen molar-refractivity contribution in [3.8, 4) is 11.5 Å². The summed E-state index contributed by atoms with van der Waals surface area (Å²) in [6.07, 6.45) is 2.00. The predicted octanol–water partition coefficient (Wildman–Crippen LogP) is 2.88. The lowest BCUT2D eigenvalue weighted by atomic mass is 9.88. The molecule has 0 bridgehead atoms. The van der Waals surface area contributed by atoms with E-state index in [1.165, 1.54) is 7.11 Å². The van der Waals surface area contributed by atoms with Crippen molar-refractivity contribution in [3.05, 3.63) is 59.7 Å². The van der Waals surface area contributed by atoms with Crippen molar-refractivity contribution >= 4 is 17.7 Å². The zero-order chi connectivity index (χ0) is 24.5. The van der Waals surface area contributed by atoms with Crippen LogP contribution >= 0.6 is 0 Å². The summed E-state index contributed by atoms with van der Waals surface area (Å²) in [6, 6.07) is 13.3. The Balaban J connectivity index is 1.70. The Morgan fingerprint density at radius 1 is 1.03 bits per heavy atom. The highest BCUT2D eigenvalue weighted by Crippen LogP contribution is 2.26. The van der Waals surface area contributed by atoms with Crippen molar-refractivity contribution in [1.82, 2.24) is 15.5 Å². The van der Waals surface area contributed by atoms with Crippen LogP contribution in [0.1, 0.15) is 46.9 Å². The molecule has 0 radical (unpaired) electrons. The summed E-state index contributed by atoms with van der Waals surface area (Å²) in [4.78, 5) is 40.7. The number of para-hydroxylation sites is 1. The van der Waals surface area contributed by atoms with E-state index in [4.69, 9.17) is 9.47 Å². The first-order chi connectivity index (χ1) is 16.5. The van der Waals surface area contributed by atoms with Gasteiger partial charge < -0.3 is 25.0 Å². The summed E-state index contributed by atoms with van der Waals surface area (Å²) >= 11 is 0.